The van der Waals surface area contributed by atoms with E-state index in [1.54, 1.807) is 0 Å². The molecule has 2 aromatic rings. The van der Waals surface area contributed by atoms with Gasteiger partial charge in [-0.3, -0.25) is 9.69 Å². The van der Waals surface area contributed by atoms with E-state index in [2.05, 4.69) is 55.3 Å². The summed E-state index contributed by atoms with van der Waals surface area (Å²) < 4.78 is 11.2. The molecule has 0 spiro atoms. The van der Waals surface area contributed by atoms with Crippen molar-refractivity contribution in [1.82, 2.24) is 10.2 Å². The number of ether oxygens (including phenoxy) is 2. The van der Waals surface area contributed by atoms with Gasteiger partial charge in [-0.05, 0) is 28.7 Å². The highest BCUT2D eigenvalue weighted by atomic mass is 16.5. The molecule has 1 aliphatic heterocycles. The summed E-state index contributed by atoms with van der Waals surface area (Å²) in [5.41, 5.74) is 2.43. The van der Waals surface area contributed by atoms with E-state index in [9.17, 15) is 4.79 Å². The summed E-state index contributed by atoms with van der Waals surface area (Å²) in [6.45, 7) is 10.5. The fourth-order valence-electron chi connectivity index (χ4n) is 3.40. The third-order valence-electron chi connectivity index (χ3n) is 5.17. The number of nitrogens with one attached hydrogen (secondary N) is 1. The first kappa shape index (κ1) is 21.3. The minimum absolute atomic E-state index is 0.00130. The van der Waals surface area contributed by atoms with E-state index in [1.807, 2.05) is 30.3 Å². The molecular formula is C24H32N2O3. The SMILES string of the molecule is CC(C)(C)c1ccc(OCC(=O)N[C@@H](CN2CCOCC2)c2ccccc2)cc1. The van der Waals surface area contributed by atoms with E-state index >= 15 is 0 Å². The number of morpholine rings is 1. The van der Waals surface area contributed by atoms with Gasteiger partial charge in [0, 0.05) is 19.6 Å². The van der Waals surface area contributed by atoms with Crippen LogP contribution in [0.2, 0.25) is 0 Å². The Morgan fingerprint density at radius 1 is 1.07 bits per heavy atom. The van der Waals surface area contributed by atoms with Crippen LogP contribution < -0.4 is 10.1 Å². The maximum Gasteiger partial charge on any atom is 0.258 e. The van der Waals surface area contributed by atoms with Gasteiger partial charge in [0.1, 0.15) is 5.75 Å². The van der Waals surface area contributed by atoms with Crippen LogP contribution in [0.3, 0.4) is 0 Å². The smallest absolute Gasteiger partial charge is 0.258 e. The van der Waals surface area contributed by atoms with Gasteiger partial charge in [-0.2, -0.15) is 0 Å². The predicted molar refractivity (Wildman–Crippen MR) is 115 cm³/mol. The molecule has 0 aliphatic carbocycles. The van der Waals surface area contributed by atoms with Gasteiger partial charge < -0.3 is 14.8 Å². The van der Waals surface area contributed by atoms with Crippen molar-refractivity contribution in [3.63, 3.8) is 0 Å². The van der Waals surface area contributed by atoms with E-state index in [1.165, 1.54) is 5.56 Å². The summed E-state index contributed by atoms with van der Waals surface area (Å²) in [4.78, 5) is 14.9. The molecule has 5 nitrogen and oxygen atoms in total. The van der Waals surface area contributed by atoms with E-state index in [-0.39, 0.29) is 24.0 Å². The molecule has 1 aliphatic rings. The zero-order chi connectivity index (χ0) is 20.7. The van der Waals surface area contributed by atoms with Gasteiger partial charge in [0.15, 0.2) is 6.61 Å². The van der Waals surface area contributed by atoms with Crippen LogP contribution in [0, 0.1) is 0 Å². The Morgan fingerprint density at radius 2 is 1.72 bits per heavy atom. The van der Waals surface area contributed by atoms with Crippen molar-refractivity contribution in [3.05, 3.63) is 65.7 Å². The largest absolute Gasteiger partial charge is 0.484 e. The molecule has 2 aromatic carbocycles. The minimum Gasteiger partial charge on any atom is -0.484 e. The molecule has 0 unspecified atom stereocenters. The zero-order valence-electron chi connectivity index (χ0n) is 17.7. The van der Waals surface area contributed by atoms with Crippen molar-refractivity contribution in [2.75, 3.05) is 39.5 Å². The van der Waals surface area contributed by atoms with E-state index in [4.69, 9.17) is 9.47 Å². The number of hydrogen-bond acceptors (Lipinski definition) is 4. The molecule has 5 heteroatoms. The minimum atomic E-state index is -0.119. The van der Waals surface area contributed by atoms with Gasteiger partial charge in [0.05, 0.1) is 19.3 Å². The van der Waals surface area contributed by atoms with Crippen molar-refractivity contribution in [3.8, 4) is 5.75 Å². The van der Waals surface area contributed by atoms with E-state index < -0.39 is 0 Å². The number of rotatable bonds is 7. The van der Waals surface area contributed by atoms with Crippen molar-refractivity contribution in [2.24, 2.45) is 0 Å². The molecule has 0 aromatic heterocycles. The molecular weight excluding hydrogens is 364 g/mol. The third-order valence-corrected chi connectivity index (χ3v) is 5.17. The zero-order valence-corrected chi connectivity index (χ0v) is 17.7. The van der Waals surface area contributed by atoms with Gasteiger partial charge in [-0.25, -0.2) is 0 Å². The van der Waals surface area contributed by atoms with Gasteiger partial charge in [0.2, 0.25) is 0 Å². The third kappa shape index (κ3) is 6.58. The molecule has 156 valence electrons. The molecule has 29 heavy (non-hydrogen) atoms. The molecule has 1 fully saturated rings. The monoisotopic (exact) mass is 396 g/mol. The summed E-state index contributed by atoms with van der Waals surface area (Å²) in [5.74, 6) is 0.588. The molecule has 1 amide bonds. The topological polar surface area (TPSA) is 50.8 Å². The Kier molecular flexibility index (Phi) is 7.29. The maximum absolute atomic E-state index is 12.6. The highest BCUT2D eigenvalue weighted by Crippen LogP contribution is 2.24. The molecule has 0 radical (unpaired) electrons. The van der Waals surface area contributed by atoms with E-state index in [0.29, 0.717) is 5.75 Å². The summed E-state index contributed by atoms with van der Waals surface area (Å²) in [6, 6.07) is 18.0. The molecule has 1 N–H and O–H groups in total. The van der Waals surface area contributed by atoms with Crippen molar-refractivity contribution >= 4 is 5.91 Å². The summed E-state index contributed by atoms with van der Waals surface area (Å²) in [6.07, 6.45) is 0. The summed E-state index contributed by atoms with van der Waals surface area (Å²) in [5, 5.41) is 3.14. The van der Waals surface area contributed by atoms with Crippen LogP contribution in [0.5, 0.6) is 5.75 Å². The number of nitrogens with zero attached hydrogens (tertiary/aromatic N) is 1. The van der Waals surface area contributed by atoms with Crippen molar-refractivity contribution < 1.29 is 14.3 Å². The Labute approximate surface area is 174 Å². The standard InChI is InChI=1S/C24H32N2O3/c1-24(2,3)20-9-11-21(12-10-20)29-18-23(27)25-22(19-7-5-4-6-8-19)17-26-13-15-28-16-14-26/h4-12,22H,13-18H2,1-3H3,(H,25,27)/t22-/m0/s1. The fraction of sp³-hybridized carbons (Fsp3) is 0.458. The second-order valence-corrected chi connectivity index (χ2v) is 8.51. The fourth-order valence-corrected chi connectivity index (χ4v) is 3.40. The Morgan fingerprint density at radius 3 is 2.34 bits per heavy atom. The Balaban J connectivity index is 1.57. The molecule has 1 heterocycles. The molecule has 0 saturated carbocycles. The lowest BCUT2D eigenvalue weighted by Gasteiger charge is -2.31. The average Bonchev–Trinajstić information content (AvgIpc) is 2.73. The first-order valence-corrected chi connectivity index (χ1v) is 10.3. The highest BCUT2D eigenvalue weighted by Gasteiger charge is 2.20. The van der Waals surface area contributed by atoms with Crippen LogP contribution in [-0.4, -0.2) is 50.3 Å². The first-order chi connectivity index (χ1) is 13.9. The van der Waals surface area contributed by atoms with Crippen LogP contribution in [0.25, 0.3) is 0 Å². The molecule has 1 atom stereocenters. The number of carbonyl (C=O) groups is 1. The van der Waals surface area contributed by atoms with Crippen LogP contribution >= 0.6 is 0 Å². The normalized spacial score (nSPS) is 16.2. The lowest BCUT2D eigenvalue weighted by atomic mass is 9.87. The van der Waals surface area contributed by atoms with Crippen LogP contribution in [0.15, 0.2) is 54.6 Å². The average molecular weight is 397 g/mol. The molecule has 3 rings (SSSR count). The predicted octanol–water partition coefficient (Wildman–Crippen LogP) is 3.55. The number of hydrogen-bond donors (Lipinski definition) is 1. The van der Waals surface area contributed by atoms with Crippen LogP contribution in [0.4, 0.5) is 0 Å². The van der Waals surface area contributed by atoms with Gasteiger partial charge >= 0.3 is 0 Å². The van der Waals surface area contributed by atoms with E-state index in [0.717, 1.165) is 38.4 Å². The first-order valence-electron chi connectivity index (χ1n) is 10.3. The van der Waals surface area contributed by atoms with Gasteiger partial charge in [-0.1, -0.05) is 63.2 Å². The number of benzene rings is 2. The number of carbonyl (C=O) groups excluding carboxylic acids is 1. The summed E-state index contributed by atoms with van der Waals surface area (Å²) in [7, 11) is 0. The second-order valence-electron chi connectivity index (χ2n) is 8.51. The van der Waals surface area contributed by atoms with Crippen LogP contribution in [0.1, 0.15) is 37.9 Å². The Bertz CT molecular complexity index is 763. The van der Waals surface area contributed by atoms with Crippen LogP contribution in [-0.2, 0) is 14.9 Å². The molecule has 1 saturated heterocycles. The lowest BCUT2D eigenvalue weighted by Crippen LogP contribution is -2.44. The maximum atomic E-state index is 12.6. The van der Waals surface area contributed by atoms with Gasteiger partial charge in [-0.15, -0.1) is 0 Å². The Hall–Kier alpha value is -2.37. The van der Waals surface area contributed by atoms with Gasteiger partial charge in [0.25, 0.3) is 5.91 Å². The number of amides is 1. The van der Waals surface area contributed by atoms with Crippen molar-refractivity contribution in [2.45, 2.75) is 32.2 Å². The van der Waals surface area contributed by atoms with Crippen molar-refractivity contribution in [1.29, 1.82) is 0 Å². The molecule has 0 bridgehead atoms. The summed E-state index contributed by atoms with van der Waals surface area (Å²) >= 11 is 0. The second kappa shape index (κ2) is 9.90. The quantitative estimate of drug-likeness (QED) is 0.778. The lowest BCUT2D eigenvalue weighted by molar-refractivity contribution is -0.124. The highest BCUT2D eigenvalue weighted by molar-refractivity contribution is 5.78.